The molecule has 0 aromatic rings. The largest absolute Gasteiger partial charge is 0.350 e. The second kappa shape index (κ2) is 7.02. The highest BCUT2D eigenvalue weighted by molar-refractivity contribution is 4.98. The molecular formula is C13H24O2. The fraction of sp³-hybridized carbons (Fsp3) is 0.846. The van der Waals surface area contributed by atoms with E-state index < -0.39 is 0 Å². The Labute approximate surface area is 93.7 Å². The zero-order valence-electron chi connectivity index (χ0n) is 10.3. The van der Waals surface area contributed by atoms with E-state index in [0.717, 1.165) is 25.6 Å². The third kappa shape index (κ3) is 5.95. The zero-order valence-corrected chi connectivity index (χ0v) is 10.3. The third-order valence-electron chi connectivity index (χ3n) is 2.70. The molecular weight excluding hydrogens is 188 g/mol. The van der Waals surface area contributed by atoms with Crippen LogP contribution in [-0.2, 0) is 9.47 Å². The Hall–Kier alpha value is -0.340. The van der Waals surface area contributed by atoms with Gasteiger partial charge in [-0.3, -0.25) is 0 Å². The Morgan fingerprint density at radius 2 is 2.00 bits per heavy atom. The third-order valence-corrected chi connectivity index (χ3v) is 2.70. The summed E-state index contributed by atoms with van der Waals surface area (Å²) in [6, 6.07) is 0. The van der Waals surface area contributed by atoms with E-state index in [2.05, 4.69) is 26.8 Å². The Kier molecular flexibility index (Phi) is 5.96. The van der Waals surface area contributed by atoms with Gasteiger partial charge in [-0.25, -0.2) is 0 Å². The normalized spacial score (nSPS) is 19.1. The molecule has 0 saturated carbocycles. The summed E-state index contributed by atoms with van der Waals surface area (Å²) < 4.78 is 10.8. The molecule has 1 rings (SSSR count). The lowest BCUT2D eigenvalue weighted by Gasteiger charge is -2.07. The van der Waals surface area contributed by atoms with Gasteiger partial charge in [-0.05, 0) is 25.7 Å². The number of hydrogen-bond acceptors (Lipinski definition) is 2. The first kappa shape index (κ1) is 12.7. The molecule has 88 valence electrons. The highest BCUT2D eigenvalue weighted by Crippen LogP contribution is 2.14. The quantitative estimate of drug-likeness (QED) is 0.627. The summed E-state index contributed by atoms with van der Waals surface area (Å²) in [4.78, 5) is 0. The monoisotopic (exact) mass is 212 g/mol. The summed E-state index contributed by atoms with van der Waals surface area (Å²) in [7, 11) is 0. The predicted octanol–water partition coefficient (Wildman–Crippen LogP) is 3.52. The van der Waals surface area contributed by atoms with E-state index in [-0.39, 0.29) is 6.29 Å². The highest BCUT2D eigenvalue weighted by atomic mass is 16.7. The molecule has 2 heteroatoms. The van der Waals surface area contributed by atoms with Crippen LogP contribution in [0.15, 0.2) is 11.6 Å². The lowest BCUT2D eigenvalue weighted by atomic mass is 10.0. The van der Waals surface area contributed by atoms with Gasteiger partial charge in [0.25, 0.3) is 0 Å². The Bertz CT molecular complexity index is 191. The van der Waals surface area contributed by atoms with Crippen LogP contribution >= 0.6 is 0 Å². The Morgan fingerprint density at radius 1 is 1.33 bits per heavy atom. The standard InChI is InChI=1S/C13H24O2/c1-11(2)5-4-6-12(3)7-8-13-14-9-10-15-13/h7,11,13H,4-6,8-10H2,1-3H3. The fourth-order valence-electron chi connectivity index (χ4n) is 1.73. The Morgan fingerprint density at radius 3 is 2.60 bits per heavy atom. The van der Waals surface area contributed by atoms with E-state index in [0.29, 0.717) is 0 Å². The van der Waals surface area contributed by atoms with Crippen LogP contribution in [0.2, 0.25) is 0 Å². The molecule has 0 atom stereocenters. The van der Waals surface area contributed by atoms with Gasteiger partial charge in [0.15, 0.2) is 6.29 Å². The minimum atomic E-state index is 0.0186. The molecule has 1 aliphatic rings. The molecule has 0 unspecified atom stereocenters. The van der Waals surface area contributed by atoms with E-state index in [1.54, 1.807) is 0 Å². The second-order valence-electron chi connectivity index (χ2n) is 4.74. The van der Waals surface area contributed by atoms with Gasteiger partial charge >= 0.3 is 0 Å². The van der Waals surface area contributed by atoms with Gasteiger partial charge in [0, 0.05) is 6.42 Å². The number of rotatable bonds is 6. The smallest absolute Gasteiger partial charge is 0.161 e. The van der Waals surface area contributed by atoms with Crippen molar-refractivity contribution in [1.82, 2.24) is 0 Å². The Balaban J connectivity index is 2.09. The topological polar surface area (TPSA) is 18.5 Å². The summed E-state index contributed by atoms with van der Waals surface area (Å²) in [5.41, 5.74) is 1.47. The van der Waals surface area contributed by atoms with Crippen molar-refractivity contribution in [2.75, 3.05) is 13.2 Å². The van der Waals surface area contributed by atoms with Gasteiger partial charge in [0.2, 0.25) is 0 Å². The van der Waals surface area contributed by atoms with E-state index in [4.69, 9.17) is 9.47 Å². The molecule has 15 heavy (non-hydrogen) atoms. The maximum absolute atomic E-state index is 5.38. The average Bonchev–Trinajstić information content (AvgIpc) is 2.66. The van der Waals surface area contributed by atoms with Gasteiger partial charge in [-0.1, -0.05) is 31.9 Å². The molecule has 1 fully saturated rings. The van der Waals surface area contributed by atoms with Crippen LogP contribution in [0.25, 0.3) is 0 Å². The zero-order chi connectivity index (χ0) is 11.1. The van der Waals surface area contributed by atoms with Gasteiger partial charge in [0.05, 0.1) is 13.2 Å². The van der Waals surface area contributed by atoms with Crippen LogP contribution in [0, 0.1) is 5.92 Å². The van der Waals surface area contributed by atoms with Crippen LogP contribution < -0.4 is 0 Å². The van der Waals surface area contributed by atoms with E-state index in [1.807, 2.05) is 0 Å². The maximum Gasteiger partial charge on any atom is 0.161 e. The first-order valence-electron chi connectivity index (χ1n) is 6.07. The van der Waals surface area contributed by atoms with Crippen LogP contribution in [0.5, 0.6) is 0 Å². The van der Waals surface area contributed by atoms with Crippen LogP contribution in [0.1, 0.15) is 46.5 Å². The summed E-state index contributed by atoms with van der Waals surface area (Å²) in [6.45, 7) is 8.27. The predicted molar refractivity (Wildman–Crippen MR) is 62.8 cm³/mol. The lowest BCUT2D eigenvalue weighted by molar-refractivity contribution is -0.0381. The minimum absolute atomic E-state index is 0.0186. The molecule has 0 aromatic carbocycles. The van der Waals surface area contributed by atoms with E-state index in [1.165, 1.54) is 24.8 Å². The molecule has 0 radical (unpaired) electrons. The fourth-order valence-corrected chi connectivity index (χ4v) is 1.73. The van der Waals surface area contributed by atoms with Crippen molar-refractivity contribution in [3.8, 4) is 0 Å². The number of allylic oxidation sites excluding steroid dienone is 1. The molecule has 2 nitrogen and oxygen atoms in total. The van der Waals surface area contributed by atoms with Crippen molar-refractivity contribution in [2.24, 2.45) is 5.92 Å². The molecule has 1 saturated heterocycles. The second-order valence-corrected chi connectivity index (χ2v) is 4.74. The molecule has 0 N–H and O–H groups in total. The minimum Gasteiger partial charge on any atom is -0.350 e. The molecule has 1 heterocycles. The molecule has 0 aliphatic carbocycles. The van der Waals surface area contributed by atoms with Gasteiger partial charge in [-0.2, -0.15) is 0 Å². The summed E-state index contributed by atoms with van der Waals surface area (Å²) in [5, 5.41) is 0. The summed E-state index contributed by atoms with van der Waals surface area (Å²) in [6.07, 6.45) is 7.02. The highest BCUT2D eigenvalue weighted by Gasteiger charge is 2.13. The maximum atomic E-state index is 5.38. The van der Waals surface area contributed by atoms with Crippen LogP contribution in [-0.4, -0.2) is 19.5 Å². The van der Waals surface area contributed by atoms with E-state index in [9.17, 15) is 0 Å². The summed E-state index contributed by atoms with van der Waals surface area (Å²) >= 11 is 0. The van der Waals surface area contributed by atoms with Gasteiger partial charge in [0.1, 0.15) is 0 Å². The van der Waals surface area contributed by atoms with Crippen molar-refractivity contribution in [3.63, 3.8) is 0 Å². The SMILES string of the molecule is CC(=CCC1OCCO1)CCCC(C)C. The van der Waals surface area contributed by atoms with Crippen LogP contribution in [0.3, 0.4) is 0 Å². The number of hydrogen-bond donors (Lipinski definition) is 0. The average molecular weight is 212 g/mol. The first-order chi connectivity index (χ1) is 7.18. The summed E-state index contributed by atoms with van der Waals surface area (Å²) in [5.74, 6) is 0.819. The molecule has 0 amide bonds. The van der Waals surface area contributed by atoms with Crippen molar-refractivity contribution in [3.05, 3.63) is 11.6 Å². The van der Waals surface area contributed by atoms with Crippen molar-refractivity contribution < 1.29 is 9.47 Å². The van der Waals surface area contributed by atoms with Gasteiger partial charge < -0.3 is 9.47 Å². The van der Waals surface area contributed by atoms with Crippen molar-refractivity contribution in [2.45, 2.75) is 52.7 Å². The van der Waals surface area contributed by atoms with Crippen LogP contribution in [0.4, 0.5) is 0 Å². The molecule has 0 bridgehead atoms. The van der Waals surface area contributed by atoms with Crippen molar-refractivity contribution in [1.29, 1.82) is 0 Å². The number of ether oxygens (including phenoxy) is 2. The first-order valence-corrected chi connectivity index (χ1v) is 6.07. The molecule has 1 aliphatic heterocycles. The van der Waals surface area contributed by atoms with E-state index >= 15 is 0 Å². The molecule has 0 aromatic heterocycles. The van der Waals surface area contributed by atoms with Crippen molar-refractivity contribution >= 4 is 0 Å². The molecule has 0 spiro atoms. The lowest BCUT2D eigenvalue weighted by Crippen LogP contribution is -2.05. The van der Waals surface area contributed by atoms with Gasteiger partial charge in [-0.15, -0.1) is 0 Å².